The van der Waals surface area contributed by atoms with E-state index in [4.69, 9.17) is 10.2 Å². The van der Waals surface area contributed by atoms with Crippen LogP contribution in [0.1, 0.15) is 18.4 Å². The standard InChI is InChI=1S/C12H11F2NO/c13-9-5-10(14)8(6-12(15)2-3-12)11-7(9)1-4-16-11/h1,4-5H,2-3,6,15H2. The zero-order valence-corrected chi connectivity index (χ0v) is 8.59. The van der Waals surface area contributed by atoms with Crippen LogP contribution in [0.3, 0.4) is 0 Å². The van der Waals surface area contributed by atoms with Crippen molar-refractivity contribution in [1.82, 2.24) is 0 Å². The second kappa shape index (κ2) is 3.04. The molecule has 1 fully saturated rings. The van der Waals surface area contributed by atoms with Crippen LogP contribution in [0, 0.1) is 11.6 Å². The Morgan fingerprint density at radius 2 is 2.06 bits per heavy atom. The molecule has 16 heavy (non-hydrogen) atoms. The van der Waals surface area contributed by atoms with E-state index in [1.54, 1.807) is 0 Å². The molecular weight excluding hydrogens is 212 g/mol. The number of furan rings is 1. The fourth-order valence-corrected chi connectivity index (χ4v) is 1.97. The molecule has 2 nitrogen and oxygen atoms in total. The van der Waals surface area contributed by atoms with Crippen LogP contribution in [0.15, 0.2) is 22.8 Å². The highest BCUT2D eigenvalue weighted by Gasteiger charge is 2.39. The Bertz CT molecular complexity index is 557. The Hall–Kier alpha value is -1.42. The monoisotopic (exact) mass is 223 g/mol. The molecule has 0 unspecified atom stereocenters. The van der Waals surface area contributed by atoms with E-state index in [1.807, 2.05) is 0 Å². The SMILES string of the molecule is NC1(Cc2c(F)cc(F)c3ccoc23)CC1. The molecule has 2 aromatic rings. The molecule has 1 aromatic carbocycles. The van der Waals surface area contributed by atoms with Crippen molar-refractivity contribution in [1.29, 1.82) is 0 Å². The number of benzene rings is 1. The number of rotatable bonds is 2. The van der Waals surface area contributed by atoms with Crippen LogP contribution < -0.4 is 5.73 Å². The summed E-state index contributed by atoms with van der Waals surface area (Å²) in [6.07, 6.45) is 3.54. The van der Waals surface area contributed by atoms with E-state index in [1.165, 1.54) is 12.3 Å². The third kappa shape index (κ3) is 1.41. The minimum atomic E-state index is -0.591. The first-order valence-corrected chi connectivity index (χ1v) is 5.22. The van der Waals surface area contributed by atoms with Crippen LogP contribution in [-0.4, -0.2) is 5.54 Å². The van der Waals surface area contributed by atoms with E-state index in [0.29, 0.717) is 17.4 Å². The molecule has 1 aromatic heterocycles. The molecular formula is C12H11F2NO. The van der Waals surface area contributed by atoms with Gasteiger partial charge in [0.2, 0.25) is 0 Å². The summed E-state index contributed by atoms with van der Waals surface area (Å²) in [6.45, 7) is 0. The minimum absolute atomic E-state index is 0.286. The van der Waals surface area contributed by atoms with Crippen LogP contribution in [0.5, 0.6) is 0 Å². The smallest absolute Gasteiger partial charge is 0.142 e. The summed E-state index contributed by atoms with van der Waals surface area (Å²) < 4.78 is 32.2. The average molecular weight is 223 g/mol. The van der Waals surface area contributed by atoms with Crippen LogP contribution >= 0.6 is 0 Å². The molecule has 2 N–H and O–H groups in total. The van der Waals surface area contributed by atoms with E-state index in [9.17, 15) is 8.78 Å². The molecule has 1 saturated carbocycles. The Morgan fingerprint density at radius 3 is 2.75 bits per heavy atom. The predicted molar refractivity (Wildman–Crippen MR) is 56.0 cm³/mol. The summed E-state index contributed by atoms with van der Waals surface area (Å²) in [5.41, 5.74) is 6.30. The third-order valence-corrected chi connectivity index (χ3v) is 3.16. The summed E-state index contributed by atoms with van der Waals surface area (Å²) in [7, 11) is 0. The van der Waals surface area contributed by atoms with Gasteiger partial charge in [-0.15, -0.1) is 0 Å². The zero-order chi connectivity index (χ0) is 11.3. The van der Waals surface area contributed by atoms with Crippen molar-refractivity contribution in [2.75, 3.05) is 0 Å². The second-order valence-corrected chi connectivity index (χ2v) is 4.52. The normalized spacial score (nSPS) is 17.9. The van der Waals surface area contributed by atoms with Gasteiger partial charge < -0.3 is 10.2 Å². The van der Waals surface area contributed by atoms with Gasteiger partial charge in [0.1, 0.15) is 17.2 Å². The van der Waals surface area contributed by atoms with Crippen LogP contribution in [0.2, 0.25) is 0 Å². The van der Waals surface area contributed by atoms with Gasteiger partial charge in [0.05, 0.1) is 11.6 Å². The number of hydrogen-bond donors (Lipinski definition) is 1. The van der Waals surface area contributed by atoms with Crippen molar-refractivity contribution in [3.63, 3.8) is 0 Å². The van der Waals surface area contributed by atoms with Crippen molar-refractivity contribution in [3.8, 4) is 0 Å². The molecule has 4 heteroatoms. The lowest BCUT2D eigenvalue weighted by Crippen LogP contribution is -2.25. The van der Waals surface area contributed by atoms with Gasteiger partial charge in [-0.1, -0.05) is 0 Å². The summed E-state index contributed by atoms with van der Waals surface area (Å²) >= 11 is 0. The van der Waals surface area contributed by atoms with E-state index in [0.717, 1.165) is 18.9 Å². The van der Waals surface area contributed by atoms with Crippen molar-refractivity contribution >= 4 is 11.0 Å². The van der Waals surface area contributed by atoms with Gasteiger partial charge in [0.15, 0.2) is 0 Å². The van der Waals surface area contributed by atoms with Gasteiger partial charge in [-0.2, -0.15) is 0 Å². The number of hydrogen-bond acceptors (Lipinski definition) is 2. The molecule has 1 aliphatic rings. The lowest BCUT2D eigenvalue weighted by atomic mass is 10.0. The Kier molecular flexibility index (Phi) is 1.86. The summed E-state index contributed by atoms with van der Waals surface area (Å²) in [6, 6.07) is 2.41. The topological polar surface area (TPSA) is 39.2 Å². The molecule has 3 rings (SSSR count). The lowest BCUT2D eigenvalue weighted by Gasteiger charge is -2.10. The molecule has 0 radical (unpaired) electrons. The van der Waals surface area contributed by atoms with Crippen LogP contribution in [0.4, 0.5) is 8.78 Å². The maximum absolute atomic E-state index is 13.7. The van der Waals surface area contributed by atoms with Gasteiger partial charge in [0, 0.05) is 17.2 Å². The molecule has 1 aliphatic carbocycles. The number of halogens is 2. The van der Waals surface area contributed by atoms with Gasteiger partial charge in [0.25, 0.3) is 0 Å². The molecule has 0 amide bonds. The highest BCUT2D eigenvalue weighted by molar-refractivity contribution is 5.81. The zero-order valence-electron chi connectivity index (χ0n) is 8.59. The second-order valence-electron chi connectivity index (χ2n) is 4.52. The molecule has 0 saturated heterocycles. The van der Waals surface area contributed by atoms with E-state index in [-0.39, 0.29) is 11.1 Å². The highest BCUT2D eigenvalue weighted by Crippen LogP contribution is 2.38. The molecule has 1 heterocycles. The summed E-state index contributed by atoms with van der Waals surface area (Å²) in [4.78, 5) is 0. The van der Waals surface area contributed by atoms with Crippen molar-refractivity contribution in [2.45, 2.75) is 24.8 Å². The molecule has 0 spiro atoms. The maximum atomic E-state index is 13.7. The van der Waals surface area contributed by atoms with E-state index < -0.39 is 11.6 Å². The largest absolute Gasteiger partial charge is 0.464 e. The lowest BCUT2D eigenvalue weighted by molar-refractivity contribution is 0.546. The summed E-state index contributed by atoms with van der Waals surface area (Å²) in [5, 5.41) is 0.320. The van der Waals surface area contributed by atoms with Gasteiger partial charge in [-0.05, 0) is 25.3 Å². The fourth-order valence-electron chi connectivity index (χ4n) is 1.97. The van der Waals surface area contributed by atoms with Gasteiger partial charge >= 0.3 is 0 Å². The first-order chi connectivity index (χ1) is 7.59. The Labute approximate surface area is 91.0 Å². The first-order valence-electron chi connectivity index (χ1n) is 5.22. The molecule has 0 aliphatic heterocycles. The predicted octanol–water partition coefficient (Wildman–Crippen LogP) is 2.74. The number of nitrogens with two attached hydrogens (primary N) is 1. The van der Waals surface area contributed by atoms with Crippen LogP contribution in [0.25, 0.3) is 11.0 Å². The third-order valence-electron chi connectivity index (χ3n) is 3.16. The Morgan fingerprint density at radius 1 is 1.31 bits per heavy atom. The molecule has 84 valence electrons. The van der Waals surface area contributed by atoms with Gasteiger partial charge in [-0.3, -0.25) is 0 Å². The number of fused-ring (bicyclic) bond motifs is 1. The minimum Gasteiger partial charge on any atom is -0.464 e. The van der Waals surface area contributed by atoms with Crippen molar-refractivity contribution in [3.05, 3.63) is 35.6 Å². The molecule has 0 atom stereocenters. The fraction of sp³-hybridized carbons (Fsp3) is 0.333. The Balaban J connectivity index is 2.18. The highest BCUT2D eigenvalue weighted by atomic mass is 19.1. The van der Waals surface area contributed by atoms with E-state index >= 15 is 0 Å². The maximum Gasteiger partial charge on any atom is 0.142 e. The quantitative estimate of drug-likeness (QED) is 0.850. The first kappa shape index (κ1) is 9.78. The van der Waals surface area contributed by atoms with E-state index in [2.05, 4.69) is 0 Å². The van der Waals surface area contributed by atoms with Crippen molar-refractivity contribution in [2.24, 2.45) is 5.73 Å². The summed E-state index contributed by atoms with van der Waals surface area (Å²) in [5.74, 6) is -1.16. The van der Waals surface area contributed by atoms with Crippen LogP contribution in [-0.2, 0) is 6.42 Å². The van der Waals surface area contributed by atoms with Gasteiger partial charge in [-0.25, -0.2) is 8.78 Å². The average Bonchev–Trinajstić information content (AvgIpc) is 2.79. The molecule has 0 bridgehead atoms. The van der Waals surface area contributed by atoms with Crippen molar-refractivity contribution < 1.29 is 13.2 Å².